The SMILES string of the molecule is NC(=O)CN(C(=O)Cc1ccc(O)cc1)C1CCNC1. The van der Waals surface area contributed by atoms with E-state index in [1.165, 1.54) is 12.1 Å². The predicted octanol–water partition coefficient (Wildman–Crippen LogP) is -0.389. The largest absolute Gasteiger partial charge is 0.508 e. The number of hydrogen-bond donors (Lipinski definition) is 3. The third-order valence-corrected chi connectivity index (χ3v) is 3.41. The lowest BCUT2D eigenvalue weighted by atomic mass is 10.1. The summed E-state index contributed by atoms with van der Waals surface area (Å²) in [6, 6.07) is 6.49. The molecule has 4 N–H and O–H groups in total. The van der Waals surface area contributed by atoms with Gasteiger partial charge in [-0.25, -0.2) is 0 Å². The maximum atomic E-state index is 12.3. The maximum Gasteiger partial charge on any atom is 0.237 e. The second-order valence-electron chi connectivity index (χ2n) is 4.98. The number of hydrogen-bond acceptors (Lipinski definition) is 4. The number of phenols is 1. The molecule has 1 aromatic carbocycles. The summed E-state index contributed by atoms with van der Waals surface area (Å²) in [5, 5.41) is 12.4. The monoisotopic (exact) mass is 277 g/mol. The van der Waals surface area contributed by atoms with Crippen LogP contribution in [-0.4, -0.2) is 47.5 Å². The normalized spacial score (nSPS) is 17.9. The Morgan fingerprint density at radius 1 is 1.35 bits per heavy atom. The van der Waals surface area contributed by atoms with Crippen LogP contribution in [0, 0.1) is 0 Å². The zero-order chi connectivity index (χ0) is 14.5. The van der Waals surface area contributed by atoms with Crippen molar-refractivity contribution < 1.29 is 14.7 Å². The Labute approximate surface area is 117 Å². The first-order chi connectivity index (χ1) is 9.56. The van der Waals surface area contributed by atoms with Gasteiger partial charge in [-0.1, -0.05) is 12.1 Å². The van der Waals surface area contributed by atoms with Gasteiger partial charge in [0.1, 0.15) is 5.75 Å². The van der Waals surface area contributed by atoms with Crippen LogP contribution in [0.5, 0.6) is 5.75 Å². The van der Waals surface area contributed by atoms with Gasteiger partial charge >= 0.3 is 0 Å². The number of benzene rings is 1. The van der Waals surface area contributed by atoms with Crippen molar-refractivity contribution in [3.8, 4) is 5.75 Å². The number of rotatable bonds is 5. The Bertz CT molecular complexity index is 481. The number of carbonyl (C=O) groups excluding carboxylic acids is 2. The molecule has 0 saturated carbocycles. The van der Waals surface area contributed by atoms with Crippen LogP contribution in [0.2, 0.25) is 0 Å². The summed E-state index contributed by atoms with van der Waals surface area (Å²) < 4.78 is 0. The number of amides is 2. The van der Waals surface area contributed by atoms with E-state index in [9.17, 15) is 14.7 Å². The van der Waals surface area contributed by atoms with Gasteiger partial charge in [-0.2, -0.15) is 0 Å². The van der Waals surface area contributed by atoms with E-state index in [0.717, 1.165) is 18.5 Å². The summed E-state index contributed by atoms with van der Waals surface area (Å²) in [4.78, 5) is 25.0. The van der Waals surface area contributed by atoms with Crippen LogP contribution >= 0.6 is 0 Å². The molecule has 6 heteroatoms. The van der Waals surface area contributed by atoms with Crippen LogP contribution in [0.4, 0.5) is 0 Å². The highest BCUT2D eigenvalue weighted by molar-refractivity contribution is 5.85. The van der Waals surface area contributed by atoms with E-state index in [1.807, 2.05) is 0 Å². The number of nitrogens with two attached hydrogens (primary N) is 1. The van der Waals surface area contributed by atoms with Crippen molar-refractivity contribution >= 4 is 11.8 Å². The first-order valence-electron chi connectivity index (χ1n) is 6.62. The number of carbonyl (C=O) groups is 2. The highest BCUT2D eigenvalue weighted by atomic mass is 16.3. The van der Waals surface area contributed by atoms with Crippen molar-refractivity contribution in [2.75, 3.05) is 19.6 Å². The smallest absolute Gasteiger partial charge is 0.237 e. The summed E-state index contributed by atoms with van der Waals surface area (Å²) in [6.07, 6.45) is 1.03. The van der Waals surface area contributed by atoms with E-state index >= 15 is 0 Å². The maximum absolute atomic E-state index is 12.3. The molecular weight excluding hydrogens is 258 g/mol. The van der Waals surface area contributed by atoms with Gasteiger partial charge < -0.3 is 21.1 Å². The lowest BCUT2D eigenvalue weighted by Crippen LogP contribution is -2.46. The standard InChI is InChI=1S/C14H19N3O3/c15-13(19)9-17(11-5-6-16-8-11)14(20)7-10-1-3-12(18)4-2-10/h1-4,11,16,18H,5-9H2,(H2,15,19). The average Bonchev–Trinajstić information content (AvgIpc) is 2.92. The fraction of sp³-hybridized carbons (Fsp3) is 0.429. The Morgan fingerprint density at radius 3 is 2.60 bits per heavy atom. The minimum absolute atomic E-state index is 0.0205. The number of phenolic OH excluding ortho intramolecular Hbond substituents is 1. The zero-order valence-electron chi connectivity index (χ0n) is 11.2. The van der Waals surface area contributed by atoms with E-state index in [4.69, 9.17) is 5.73 Å². The van der Waals surface area contributed by atoms with Gasteiger partial charge in [0, 0.05) is 12.6 Å². The molecule has 2 rings (SSSR count). The third-order valence-electron chi connectivity index (χ3n) is 3.41. The molecule has 1 heterocycles. The summed E-state index contributed by atoms with van der Waals surface area (Å²) in [6.45, 7) is 1.48. The van der Waals surface area contributed by atoms with Crippen LogP contribution in [0.3, 0.4) is 0 Å². The Kier molecular flexibility index (Phi) is 4.57. The van der Waals surface area contributed by atoms with Crippen molar-refractivity contribution in [2.45, 2.75) is 18.9 Å². The minimum atomic E-state index is -0.504. The number of aromatic hydroxyl groups is 1. The second kappa shape index (κ2) is 6.38. The fourth-order valence-corrected chi connectivity index (χ4v) is 2.38. The van der Waals surface area contributed by atoms with Gasteiger partial charge in [0.05, 0.1) is 13.0 Å². The molecule has 20 heavy (non-hydrogen) atoms. The molecule has 1 aliphatic heterocycles. The predicted molar refractivity (Wildman–Crippen MR) is 74.0 cm³/mol. The molecule has 1 aromatic rings. The lowest BCUT2D eigenvalue weighted by Gasteiger charge is -2.27. The van der Waals surface area contributed by atoms with E-state index < -0.39 is 5.91 Å². The molecule has 108 valence electrons. The molecule has 1 fully saturated rings. The number of nitrogens with zero attached hydrogens (tertiary/aromatic N) is 1. The van der Waals surface area contributed by atoms with Crippen LogP contribution in [0.15, 0.2) is 24.3 Å². The molecule has 6 nitrogen and oxygen atoms in total. The molecule has 2 amide bonds. The van der Waals surface area contributed by atoms with Gasteiger partial charge in [0.25, 0.3) is 0 Å². The highest BCUT2D eigenvalue weighted by Gasteiger charge is 2.27. The van der Waals surface area contributed by atoms with Crippen LogP contribution in [0.1, 0.15) is 12.0 Å². The average molecular weight is 277 g/mol. The Hall–Kier alpha value is -2.08. The Balaban J connectivity index is 2.05. The van der Waals surface area contributed by atoms with E-state index in [1.54, 1.807) is 17.0 Å². The van der Waals surface area contributed by atoms with Crippen molar-refractivity contribution in [1.82, 2.24) is 10.2 Å². The number of primary amides is 1. The summed E-state index contributed by atoms with van der Waals surface area (Å²) in [5.41, 5.74) is 6.03. The van der Waals surface area contributed by atoms with Gasteiger partial charge in [0.15, 0.2) is 0 Å². The molecule has 0 aromatic heterocycles. The van der Waals surface area contributed by atoms with Crippen molar-refractivity contribution in [2.24, 2.45) is 5.73 Å². The van der Waals surface area contributed by atoms with Gasteiger partial charge in [-0.05, 0) is 30.7 Å². The van der Waals surface area contributed by atoms with E-state index in [2.05, 4.69) is 5.32 Å². The molecule has 1 atom stereocenters. The molecule has 1 saturated heterocycles. The zero-order valence-corrected chi connectivity index (χ0v) is 11.2. The highest BCUT2D eigenvalue weighted by Crippen LogP contribution is 2.14. The first kappa shape index (κ1) is 14.3. The number of nitrogens with one attached hydrogen (secondary N) is 1. The Morgan fingerprint density at radius 2 is 2.05 bits per heavy atom. The van der Waals surface area contributed by atoms with Crippen LogP contribution < -0.4 is 11.1 Å². The van der Waals surface area contributed by atoms with E-state index in [0.29, 0.717) is 6.54 Å². The summed E-state index contributed by atoms with van der Waals surface area (Å²) >= 11 is 0. The van der Waals surface area contributed by atoms with Gasteiger partial charge in [0.2, 0.25) is 11.8 Å². The summed E-state index contributed by atoms with van der Waals surface area (Å²) in [5.74, 6) is -0.464. The van der Waals surface area contributed by atoms with Crippen molar-refractivity contribution in [1.29, 1.82) is 0 Å². The second-order valence-corrected chi connectivity index (χ2v) is 4.98. The molecule has 1 aliphatic rings. The molecule has 1 unspecified atom stereocenters. The van der Waals surface area contributed by atoms with Crippen molar-refractivity contribution in [3.05, 3.63) is 29.8 Å². The topological polar surface area (TPSA) is 95.7 Å². The summed E-state index contributed by atoms with van der Waals surface area (Å²) in [7, 11) is 0. The molecular formula is C14H19N3O3. The van der Waals surface area contributed by atoms with Gasteiger partial charge in [-0.15, -0.1) is 0 Å². The quantitative estimate of drug-likeness (QED) is 0.683. The third kappa shape index (κ3) is 3.71. The lowest BCUT2D eigenvalue weighted by molar-refractivity contribution is -0.136. The van der Waals surface area contributed by atoms with Crippen LogP contribution in [0.25, 0.3) is 0 Å². The molecule has 0 radical (unpaired) electrons. The van der Waals surface area contributed by atoms with Crippen molar-refractivity contribution in [3.63, 3.8) is 0 Å². The van der Waals surface area contributed by atoms with E-state index in [-0.39, 0.29) is 30.7 Å². The first-order valence-corrected chi connectivity index (χ1v) is 6.62. The molecule has 0 spiro atoms. The molecule has 0 bridgehead atoms. The fourth-order valence-electron chi connectivity index (χ4n) is 2.38. The molecule has 0 aliphatic carbocycles. The van der Waals surface area contributed by atoms with Crippen LogP contribution in [-0.2, 0) is 16.0 Å². The minimum Gasteiger partial charge on any atom is -0.508 e. The van der Waals surface area contributed by atoms with Gasteiger partial charge in [-0.3, -0.25) is 9.59 Å².